The zero-order valence-corrected chi connectivity index (χ0v) is 34.3. The molecule has 0 saturated carbocycles. The summed E-state index contributed by atoms with van der Waals surface area (Å²) >= 11 is 11.7. The second-order valence-electron chi connectivity index (χ2n) is 10.2. The van der Waals surface area contributed by atoms with Crippen molar-refractivity contribution in [2.45, 2.75) is 25.8 Å². The summed E-state index contributed by atoms with van der Waals surface area (Å²) in [5, 5.41) is 22.7. The minimum Gasteiger partial charge on any atom is -0.497 e. The first-order valence-corrected chi connectivity index (χ1v) is 16.3. The second kappa shape index (κ2) is 26.4. The molecule has 2 N–H and O–H groups in total. The van der Waals surface area contributed by atoms with E-state index in [0.717, 1.165) is 53.5 Å². The minimum absolute atomic E-state index is 0. The number of nitrogens with two attached hydrogens (primary N) is 1. The minimum atomic E-state index is 0. The SMILES string of the molecule is COc1ccc(CCCc2cnc3ncc(Cl)cn23)c(OC)c1.COc1ccc(CN)c(OC)c1.N#CC#N.O=Cc1cnc2ncc(Cl)cn12.[B-]C#N.[Na+]. The maximum atomic E-state index is 10.5. The molecule has 0 bridgehead atoms. The molecule has 0 aliphatic carbocycles. The smallest absolute Gasteiger partial charge is 0.497 e. The average molecular weight is 792 g/mol. The van der Waals surface area contributed by atoms with E-state index < -0.39 is 0 Å². The number of ether oxygens (including phenoxy) is 4. The summed E-state index contributed by atoms with van der Waals surface area (Å²) in [6, 6.07) is 14.0. The van der Waals surface area contributed by atoms with Gasteiger partial charge in [0.25, 0.3) is 0 Å². The fourth-order valence-electron chi connectivity index (χ4n) is 4.58. The van der Waals surface area contributed by atoms with Gasteiger partial charge in [-0.25, -0.2) is 19.9 Å². The number of hydrogen-bond donors (Lipinski definition) is 1. The van der Waals surface area contributed by atoms with Gasteiger partial charge in [-0.2, -0.15) is 10.5 Å². The molecule has 19 heteroatoms. The number of aromatic nitrogens is 6. The maximum absolute atomic E-state index is 10.5. The molecule has 0 amide bonds. The number of nitrogens with zero attached hydrogens (tertiary/aromatic N) is 9. The van der Waals surface area contributed by atoms with Crippen LogP contribution in [0.3, 0.4) is 0 Å². The first kappa shape index (κ1) is 47.6. The zero-order chi connectivity index (χ0) is 39.9. The number of fused-ring (bicyclic) bond motifs is 2. The van der Waals surface area contributed by atoms with Crippen LogP contribution in [0, 0.1) is 33.9 Å². The molecule has 6 aromatic rings. The topological polar surface area (TPSA) is 212 Å². The first-order valence-electron chi connectivity index (χ1n) is 15.6. The van der Waals surface area contributed by atoms with Gasteiger partial charge in [0.05, 0.1) is 63.3 Å². The van der Waals surface area contributed by atoms with Crippen molar-refractivity contribution in [1.29, 1.82) is 15.8 Å². The average Bonchev–Trinajstić information content (AvgIpc) is 3.81. The normalized spacial score (nSPS) is 9.25. The van der Waals surface area contributed by atoms with Gasteiger partial charge in [0.1, 0.15) is 28.7 Å². The van der Waals surface area contributed by atoms with Gasteiger partial charge < -0.3 is 32.5 Å². The van der Waals surface area contributed by atoms with Crippen LogP contribution in [0.5, 0.6) is 23.0 Å². The molecule has 4 heterocycles. The third kappa shape index (κ3) is 15.1. The van der Waals surface area contributed by atoms with Crippen molar-refractivity contribution in [2.24, 2.45) is 5.73 Å². The molecule has 3 radical (unpaired) electrons. The van der Waals surface area contributed by atoms with E-state index in [-0.39, 0.29) is 29.6 Å². The van der Waals surface area contributed by atoms with Crippen LogP contribution < -0.4 is 54.2 Å². The van der Waals surface area contributed by atoms with Crippen molar-refractivity contribution in [3.05, 3.63) is 106 Å². The van der Waals surface area contributed by atoms with E-state index in [9.17, 15) is 4.79 Å². The summed E-state index contributed by atoms with van der Waals surface area (Å²) in [6.07, 6.45) is 13.3. The van der Waals surface area contributed by atoms with Crippen LogP contribution >= 0.6 is 23.2 Å². The maximum Gasteiger partial charge on any atom is 1.00 e. The molecule has 0 atom stereocenters. The standard InChI is InChI=1S/C17H18ClN3O2.C9H13NO2.C7H4ClN3O.C2N2.CBN.Na/c1-22-15-7-6-12(16(8-15)23-2)4-3-5-14-10-20-17-19-9-13(18)11-21(14)17;1-11-8-4-3-7(6-10)9(5-8)12-2;8-5-1-9-7-10-2-6(4-12)11(7)3-5;3-1-2-4;2-1-3;/h6-11H,3-5H2,1-2H3;3-5H,6,10H2,1-2H3;1-4H;;;/q;;;;-1;+1. The number of aryl methyl sites for hydroxylation is 2. The number of halogens is 2. The monoisotopic (exact) mass is 791 g/mol. The number of carbonyl (C=O) groups excluding carboxylic acids is 1. The molecule has 0 spiro atoms. The van der Waals surface area contributed by atoms with Crippen LogP contribution in [0.15, 0.2) is 73.6 Å². The van der Waals surface area contributed by atoms with Gasteiger partial charge in [-0.05, 0) is 37.0 Å². The van der Waals surface area contributed by atoms with Crippen molar-refractivity contribution in [3.63, 3.8) is 0 Å². The van der Waals surface area contributed by atoms with E-state index in [1.54, 1.807) is 40.8 Å². The third-order valence-corrected chi connectivity index (χ3v) is 7.42. The number of carbonyl (C=O) groups is 1. The molecular weight excluding hydrogens is 757 g/mol. The number of methoxy groups -OCH3 is 4. The molecule has 55 heavy (non-hydrogen) atoms. The van der Waals surface area contributed by atoms with E-state index in [1.165, 1.54) is 40.5 Å². The molecule has 6 rings (SSSR count). The Bertz CT molecular complexity index is 2220. The van der Waals surface area contributed by atoms with E-state index in [1.807, 2.05) is 53.2 Å². The summed E-state index contributed by atoms with van der Waals surface area (Å²) in [5.74, 6) is 5.61. The van der Waals surface area contributed by atoms with Crippen LogP contribution in [-0.2, 0) is 19.4 Å². The van der Waals surface area contributed by atoms with Gasteiger partial charge in [-0.3, -0.25) is 24.8 Å². The van der Waals surface area contributed by atoms with Crippen molar-refractivity contribution >= 4 is 48.9 Å². The zero-order valence-electron chi connectivity index (χ0n) is 30.8. The fourth-order valence-corrected chi connectivity index (χ4v) is 4.87. The third-order valence-electron chi connectivity index (χ3n) is 7.03. The summed E-state index contributed by atoms with van der Waals surface area (Å²) in [4.78, 5) is 26.8. The number of aldehydes is 1. The van der Waals surface area contributed by atoms with Crippen LogP contribution in [0.4, 0.5) is 0 Å². The molecule has 277 valence electrons. The molecule has 0 unspecified atom stereocenters. The van der Waals surface area contributed by atoms with Crippen molar-refractivity contribution in [3.8, 4) is 41.1 Å². The van der Waals surface area contributed by atoms with Crippen LogP contribution in [0.25, 0.3) is 11.6 Å². The quantitative estimate of drug-likeness (QED) is 0.156. The molecule has 0 fully saturated rings. The van der Waals surface area contributed by atoms with Crippen molar-refractivity contribution in [2.75, 3.05) is 28.4 Å². The van der Waals surface area contributed by atoms with E-state index in [0.29, 0.717) is 40.1 Å². The predicted octanol–water partition coefficient (Wildman–Crippen LogP) is 2.61. The Labute approximate surface area is 351 Å². The number of nitriles is 3. The summed E-state index contributed by atoms with van der Waals surface area (Å²) < 4.78 is 24.3. The predicted molar refractivity (Wildman–Crippen MR) is 203 cm³/mol. The molecule has 0 aliphatic rings. The van der Waals surface area contributed by atoms with Crippen LogP contribution in [0.1, 0.15) is 33.7 Å². The molecule has 0 saturated heterocycles. The Morgan fingerprint density at radius 1 is 0.745 bits per heavy atom. The van der Waals surface area contributed by atoms with Gasteiger partial charge in [0.2, 0.25) is 11.6 Å². The van der Waals surface area contributed by atoms with E-state index >= 15 is 0 Å². The Balaban J connectivity index is 0.000000401. The molecule has 4 aromatic heterocycles. The van der Waals surface area contributed by atoms with Crippen LogP contribution in [-0.4, -0.2) is 71.3 Å². The van der Waals surface area contributed by atoms with Crippen molar-refractivity contribution < 1.29 is 53.3 Å². The Kier molecular flexibility index (Phi) is 22.9. The largest absolute Gasteiger partial charge is 1.00 e. The number of imidazole rings is 2. The first-order chi connectivity index (χ1) is 26.2. The molecular formula is C36H35BCl2N10NaO5. The number of benzene rings is 2. The Morgan fingerprint density at radius 2 is 1.22 bits per heavy atom. The Morgan fingerprint density at radius 3 is 1.71 bits per heavy atom. The fraction of sp³-hybridized carbons (Fsp3) is 0.222. The van der Waals surface area contributed by atoms with Gasteiger partial charge in [0, 0.05) is 42.3 Å². The van der Waals surface area contributed by atoms with Crippen molar-refractivity contribution in [1.82, 2.24) is 28.7 Å². The molecule has 2 aromatic carbocycles. The van der Waals surface area contributed by atoms with E-state index in [2.05, 4.69) is 27.8 Å². The van der Waals surface area contributed by atoms with Gasteiger partial charge in [-0.15, -0.1) is 0 Å². The second-order valence-corrected chi connectivity index (χ2v) is 11.1. The van der Waals surface area contributed by atoms with Gasteiger partial charge >= 0.3 is 29.6 Å². The summed E-state index contributed by atoms with van der Waals surface area (Å²) in [5.41, 5.74) is 9.19. The molecule has 0 aliphatic heterocycles. The summed E-state index contributed by atoms with van der Waals surface area (Å²) in [7, 11) is 10.7. The number of hydrogen-bond acceptors (Lipinski definition) is 13. The Hall–Kier alpha value is -5.38. The van der Waals surface area contributed by atoms with E-state index in [4.69, 9.17) is 63.7 Å². The van der Waals surface area contributed by atoms with Gasteiger partial charge in [0.15, 0.2) is 18.4 Å². The number of rotatable bonds is 10. The summed E-state index contributed by atoms with van der Waals surface area (Å²) in [6.45, 7) is 0.479. The van der Waals surface area contributed by atoms with Gasteiger partial charge in [-0.1, -0.05) is 35.3 Å². The molecule has 15 nitrogen and oxygen atoms in total. The van der Waals surface area contributed by atoms with Crippen LogP contribution in [0.2, 0.25) is 10.0 Å².